The maximum atomic E-state index is 13.7. The number of piperidine rings is 1. The Bertz CT molecular complexity index is 1300. The van der Waals surface area contributed by atoms with E-state index < -0.39 is 0 Å². The van der Waals surface area contributed by atoms with E-state index in [-0.39, 0.29) is 17.6 Å². The first-order chi connectivity index (χ1) is 15.9. The van der Waals surface area contributed by atoms with Crippen molar-refractivity contribution in [1.82, 2.24) is 19.9 Å². The Morgan fingerprint density at radius 2 is 2.15 bits per heavy atom. The van der Waals surface area contributed by atoms with Crippen molar-refractivity contribution in [3.05, 3.63) is 70.5 Å². The molecule has 4 rings (SSSR count). The number of hydrogen-bond acceptors (Lipinski definition) is 5. The second-order valence-electron chi connectivity index (χ2n) is 8.18. The normalized spacial score (nSPS) is 17.6. The molecule has 0 spiro atoms. The molecule has 8 heteroatoms. The third kappa shape index (κ3) is 5.16. The van der Waals surface area contributed by atoms with Crippen LogP contribution in [-0.2, 0) is 4.79 Å². The fourth-order valence-corrected chi connectivity index (χ4v) is 4.13. The molecule has 1 aromatic carbocycles. The van der Waals surface area contributed by atoms with Crippen molar-refractivity contribution in [2.45, 2.75) is 32.6 Å². The molecular formula is C25H27FN6O. The Labute approximate surface area is 191 Å². The van der Waals surface area contributed by atoms with Gasteiger partial charge in [-0.05, 0) is 56.3 Å². The Balaban J connectivity index is 1.81. The van der Waals surface area contributed by atoms with Crippen LogP contribution in [0.4, 0.5) is 15.9 Å². The number of nitrogens with zero attached hydrogens (tertiary/aromatic N) is 4. The molecule has 1 unspecified atom stereocenters. The molecule has 0 aliphatic carbocycles. The van der Waals surface area contributed by atoms with Crippen LogP contribution in [0.5, 0.6) is 0 Å². The molecule has 33 heavy (non-hydrogen) atoms. The van der Waals surface area contributed by atoms with Crippen molar-refractivity contribution in [3.8, 4) is 0 Å². The van der Waals surface area contributed by atoms with E-state index in [1.165, 1.54) is 12.1 Å². The summed E-state index contributed by atoms with van der Waals surface area (Å²) in [5.74, 6) is 0.979. The number of carbonyl (C=O) groups is 1. The molecule has 1 atom stereocenters. The monoisotopic (exact) mass is 446 g/mol. The summed E-state index contributed by atoms with van der Waals surface area (Å²) in [7, 11) is 0. The van der Waals surface area contributed by atoms with Gasteiger partial charge in [0, 0.05) is 55.3 Å². The topological polar surface area (TPSA) is 86.3 Å². The third-order valence-electron chi connectivity index (χ3n) is 5.84. The van der Waals surface area contributed by atoms with Crippen molar-refractivity contribution in [1.29, 1.82) is 0 Å². The summed E-state index contributed by atoms with van der Waals surface area (Å²) in [6.07, 6.45) is 5.33. The smallest absolute Gasteiger partial charge is 0.219 e. The maximum absolute atomic E-state index is 13.7. The lowest BCUT2D eigenvalue weighted by molar-refractivity contribution is -0.130. The number of aliphatic imine (C=N–C) groups is 1. The zero-order chi connectivity index (χ0) is 23.4. The van der Waals surface area contributed by atoms with E-state index in [9.17, 15) is 9.18 Å². The predicted octanol–water partition coefficient (Wildman–Crippen LogP) is 3.07. The lowest BCUT2D eigenvalue weighted by Crippen LogP contribution is -2.38. The van der Waals surface area contributed by atoms with E-state index in [2.05, 4.69) is 22.0 Å². The maximum Gasteiger partial charge on any atom is 0.219 e. The van der Waals surface area contributed by atoms with Crippen molar-refractivity contribution in [2.24, 2.45) is 4.99 Å². The number of halogens is 1. The fraction of sp³-hybridized carbons (Fsp3) is 0.280. The predicted molar refractivity (Wildman–Crippen MR) is 128 cm³/mol. The zero-order valence-electron chi connectivity index (χ0n) is 18.8. The first kappa shape index (κ1) is 22.4. The van der Waals surface area contributed by atoms with Crippen LogP contribution in [0, 0.1) is 5.82 Å². The van der Waals surface area contributed by atoms with Gasteiger partial charge in [-0.25, -0.2) is 14.4 Å². The van der Waals surface area contributed by atoms with E-state index in [4.69, 9.17) is 9.97 Å². The minimum Gasteiger partial charge on any atom is -0.361 e. The Hall–Kier alpha value is -3.81. The molecule has 3 aromatic rings. The van der Waals surface area contributed by atoms with Gasteiger partial charge in [0.05, 0.1) is 11.0 Å². The van der Waals surface area contributed by atoms with Gasteiger partial charge < -0.3 is 15.2 Å². The minimum absolute atomic E-state index is 0.0213. The summed E-state index contributed by atoms with van der Waals surface area (Å²) < 4.78 is 13.7. The van der Waals surface area contributed by atoms with Crippen molar-refractivity contribution in [2.75, 3.05) is 18.4 Å². The molecule has 1 fully saturated rings. The summed E-state index contributed by atoms with van der Waals surface area (Å²) in [5, 5.41) is 5.00. The Morgan fingerprint density at radius 3 is 2.91 bits per heavy atom. The first-order valence-corrected chi connectivity index (χ1v) is 10.9. The number of hydrogen-bond donors (Lipinski definition) is 2. The highest BCUT2D eigenvalue weighted by atomic mass is 19.1. The van der Waals surface area contributed by atoms with Crippen LogP contribution in [-0.4, -0.2) is 45.6 Å². The molecule has 2 aromatic heterocycles. The van der Waals surface area contributed by atoms with Gasteiger partial charge in [0.1, 0.15) is 17.5 Å². The van der Waals surface area contributed by atoms with Crippen LogP contribution in [0.15, 0.2) is 47.6 Å². The molecule has 2 N–H and O–H groups in total. The second kappa shape index (κ2) is 9.77. The number of likely N-dealkylation sites (tertiary alicyclic amines) is 1. The summed E-state index contributed by atoms with van der Waals surface area (Å²) >= 11 is 0. The summed E-state index contributed by atoms with van der Waals surface area (Å²) in [6.45, 7) is 8.45. The van der Waals surface area contributed by atoms with E-state index in [0.29, 0.717) is 23.9 Å². The van der Waals surface area contributed by atoms with Gasteiger partial charge in [-0.3, -0.25) is 9.79 Å². The SMILES string of the molecule is C=N/C=c1/cc[nH]/c1=C(/C)c1cc(Nc2cccc(F)c2)nc(C2CCCN(C(C)=O)C2)n1. The second-order valence-corrected chi connectivity index (χ2v) is 8.18. The van der Waals surface area contributed by atoms with Gasteiger partial charge >= 0.3 is 0 Å². The molecule has 170 valence electrons. The molecule has 3 heterocycles. The molecule has 0 bridgehead atoms. The molecule has 7 nitrogen and oxygen atoms in total. The van der Waals surface area contributed by atoms with Crippen molar-refractivity contribution >= 4 is 35.9 Å². The number of carbonyl (C=O) groups excluding carboxylic acids is 1. The van der Waals surface area contributed by atoms with Gasteiger partial charge in [0.2, 0.25) is 5.91 Å². The fourth-order valence-electron chi connectivity index (χ4n) is 4.13. The molecule has 1 saturated heterocycles. The number of aromatic nitrogens is 3. The quantitative estimate of drug-likeness (QED) is 0.590. The van der Waals surface area contributed by atoms with Crippen LogP contribution in [0.2, 0.25) is 0 Å². The van der Waals surface area contributed by atoms with E-state index in [1.54, 1.807) is 25.3 Å². The van der Waals surface area contributed by atoms with Crippen LogP contribution < -0.4 is 15.9 Å². The lowest BCUT2D eigenvalue weighted by Gasteiger charge is -2.31. The average Bonchev–Trinajstić information content (AvgIpc) is 3.27. The van der Waals surface area contributed by atoms with Crippen LogP contribution in [0.25, 0.3) is 11.8 Å². The number of anilines is 2. The van der Waals surface area contributed by atoms with Gasteiger partial charge in [0.15, 0.2) is 0 Å². The Morgan fingerprint density at radius 1 is 1.30 bits per heavy atom. The summed E-state index contributed by atoms with van der Waals surface area (Å²) in [6, 6.07) is 10.0. The van der Waals surface area contributed by atoms with Gasteiger partial charge in [-0.1, -0.05) is 6.07 Å². The molecule has 0 radical (unpaired) electrons. The number of benzene rings is 1. The number of rotatable bonds is 5. The Kier molecular flexibility index (Phi) is 6.63. The number of nitrogens with one attached hydrogen (secondary N) is 2. The van der Waals surface area contributed by atoms with E-state index in [1.807, 2.05) is 30.2 Å². The van der Waals surface area contributed by atoms with Crippen LogP contribution in [0.3, 0.4) is 0 Å². The molecular weight excluding hydrogens is 419 g/mol. The lowest BCUT2D eigenvalue weighted by atomic mass is 9.96. The standard InChI is InChI=1S/C25H27FN6O/c1-16(24-18(14-27-3)9-10-28-24)22-13-23(29-21-8-4-7-20(26)12-21)31-25(30-22)19-6-5-11-32(15-19)17(2)33/h4,7-10,12-14,19,28H,3,5-6,11,15H2,1-2H3,(H,29,30,31)/b18-14-,24-16-. The van der Waals surface area contributed by atoms with Crippen molar-refractivity contribution in [3.63, 3.8) is 0 Å². The van der Waals surface area contributed by atoms with Gasteiger partial charge in [-0.2, -0.15) is 0 Å². The van der Waals surface area contributed by atoms with Gasteiger partial charge in [-0.15, -0.1) is 0 Å². The molecule has 0 saturated carbocycles. The molecule has 1 amide bonds. The van der Waals surface area contributed by atoms with E-state index >= 15 is 0 Å². The number of amides is 1. The summed E-state index contributed by atoms with van der Waals surface area (Å²) in [5.41, 5.74) is 2.25. The zero-order valence-corrected chi connectivity index (χ0v) is 18.8. The highest BCUT2D eigenvalue weighted by Crippen LogP contribution is 2.27. The summed E-state index contributed by atoms with van der Waals surface area (Å²) in [4.78, 5) is 30.6. The largest absolute Gasteiger partial charge is 0.361 e. The number of H-pyrrole nitrogens is 1. The van der Waals surface area contributed by atoms with Crippen molar-refractivity contribution < 1.29 is 9.18 Å². The highest BCUT2D eigenvalue weighted by Gasteiger charge is 2.26. The number of aromatic amines is 1. The molecule has 1 aliphatic heterocycles. The third-order valence-corrected chi connectivity index (χ3v) is 5.84. The first-order valence-electron chi connectivity index (χ1n) is 10.9. The minimum atomic E-state index is -0.329. The molecule has 1 aliphatic rings. The average molecular weight is 447 g/mol. The highest BCUT2D eigenvalue weighted by molar-refractivity contribution is 5.73. The van der Waals surface area contributed by atoms with E-state index in [0.717, 1.165) is 41.2 Å². The van der Waals surface area contributed by atoms with Crippen LogP contribution >= 0.6 is 0 Å². The van der Waals surface area contributed by atoms with Crippen LogP contribution in [0.1, 0.15) is 44.1 Å². The van der Waals surface area contributed by atoms with Gasteiger partial charge in [0.25, 0.3) is 0 Å².